The minimum absolute atomic E-state index is 0.111. The highest BCUT2D eigenvalue weighted by Crippen LogP contribution is 2.33. The number of unbranched alkanes of at least 4 members (excludes halogenated alkanes) is 23. The fourth-order valence-electron chi connectivity index (χ4n) is 8.88. The van der Waals surface area contributed by atoms with Gasteiger partial charge in [-0.15, -0.1) is 0 Å². The first kappa shape index (κ1) is 52.9. The van der Waals surface area contributed by atoms with Crippen LogP contribution in [0.2, 0.25) is 10.0 Å². The quantitative estimate of drug-likeness (QED) is 0.0507. The molecule has 8 nitrogen and oxygen atoms in total. The summed E-state index contributed by atoms with van der Waals surface area (Å²) in [5, 5.41) is 1.25. The number of anilines is 1. The van der Waals surface area contributed by atoms with Crippen LogP contribution in [0.25, 0.3) is 0 Å². The van der Waals surface area contributed by atoms with E-state index in [1.165, 1.54) is 134 Å². The first-order valence-corrected chi connectivity index (χ1v) is 26.5. The largest absolute Gasteiger partial charge is 0.494 e. The summed E-state index contributed by atoms with van der Waals surface area (Å²) in [6, 6.07) is 12.0. The highest BCUT2D eigenvalue weighted by atomic mass is 35.5. The number of aryl methyl sites for hydroxylation is 1. The van der Waals surface area contributed by atoms with Gasteiger partial charge in [-0.2, -0.15) is 0 Å². The van der Waals surface area contributed by atoms with Crippen molar-refractivity contribution in [3.8, 4) is 5.75 Å². The molecule has 0 radical (unpaired) electrons. The van der Waals surface area contributed by atoms with Gasteiger partial charge in [0.05, 0.1) is 28.0 Å². The van der Waals surface area contributed by atoms with Crippen molar-refractivity contribution in [3.63, 3.8) is 0 Å². The minimum atomic E-state index is -0.265. The molecule has 2 aliphatic rings. The van der Waals surface area contributed by atoms with Gasteiger partial charge in [0.1, 0.15) is 5.75 Å². The maximum atomic E-state index is 13.4. The van der Waals surface area contributed by atoms with Crippen LogP contribution >= 0.6 is 23.2 Å². The lowest BCUT2D eigenvalue weighted by Gasteiger charge is -2.36. The van der Waals surface area contributed by atoms with Crippen molar-refractivity contribution in [2.45, 2.75) is 194 Å². The molecule has 356 valence electrons. The van der Waals surface area contributed by atoms with Gasteiger partial charge in [-0.05, 0) is 62.4 Å². The van der Waals surface area contributed by atoms with Gasteiger partial charge in [-0.3, -0.25) is 4.90 Å². The molecule has 0 atom stereocenters. The number of piperazine rings is 1. The van der Waals surface area contributed by atoms with Crippen LogP contribution in [-0.2, 0) is 15.9 Å². The second-order valence-corrected chi connectivity index (χ2v) is 19.0. The molecule has 0 saturated carbocycles. The molecular formula is C53H86Cl2N4O4. The second kappa shape index (κ2) is 33.7. The van der Waals surface area contributed by atoms with Crippen LogP contribution < -0.4 is 9.64 Å². The summed E-state index contributed by atoms with van der Waals surface area (Å²) in [6.07, 6.45) is 34.7. The Morgan fingerprint density at radius 1 is 0.635 bits per heavy atom. The molecule has 0 N–H and O–H groups in total. The van der Waals surface area contributed by atoms with Gasteiger partial charge >= 0.3 is 6.09 Å². The molecule has 4 rings (SSSR count). The van der Waals surface area contributed by atoms with Crippen LogP contribution in [0.4, 0.5) is 16.2 Å². The van der Waals surface area contributed by atoms with E-state index in [0.29, 0.717) is 29.0 Å². The number of halogens is 2. The Hall–Kier alpha value is -2.68. The summed E-state index contributed by atoms with van der Waals surface area (Å²) in [5.74, 6) is 1.43. The number of rotatable bonds is 35. The molecule has 63 heavy (non-hydrogen) atoms. The van der Waals surface area contributed by atoms with Crippen molar-refractivity contribution < 1.29 is 19.0 Å². The van der Waals surface area contributed by atoms with Crippen LogP contribution in [0, 0.1) is 0 Å². The number of hydrogen-bond donors (Lipinski definition) is 0. The molecule has 10 heteroatoms. The summed E-state index contributed by atoms with van der Waals surface area (Å²) in [4.78, 5) is 24.9. The fraction of sp³-hybridized carbons (Fsp3) is 0.736. The van der Waals surface area contributed by atoms with E-state index in [4.69, 9.17) is 42.4 Å². The summed E-state index contributed by atoms with van der Waals surface area (Å²) < 4.78 is 17.9. The third-order valence-electron chi connectivity index (χ3n) is 12.9. The average molecular weight is 914 g/mol. The Bertz CT molecular complexity index is 1510. The van der Waals surface area contributed by atoms with Gasteiger partial charge < -0.3 is 24.0 Å². The lowest BCUT2D eigenvalue weighted by Crippen LogP contribution is -2.46. The van der Waals surface area contributed by atoms with Gasteiger partial charge in [0.25, 0.3) is 0 Å². The Morgan fingerprint density at radius 2 is 1.19 bits per heavy atom. The molecule has 0 bridgehead atoms. The highest BCUT2D eigenvalue weighted by Gasteiger charge is 2.20. The number of nitrogens with zero attached hydrogens (tertiary/aromatic N) is 4. The van der Waals surface area contributed by atoms with Gasteiger partial charge in [-0.25, -0.2) is 9.79 Å². The lowest BCUT2D eigenvalue weighted by atomic mass is 10.0. The Morgan fingerprint density at radius 3 is 1.76 bits per heavy atom. The van der Waals surface area contributed by atoms with E-state index in [9.17, 15) is 4.79 Å². The molecule has 1 fully saturated rings. The third kappa shape index (κ3) is 22.4. The number of carbonyl (C=O) groups is 1. The zero-order valence-corrected chi connectivity index (χ0v) is 41.3. The van der Waals surface area contributed by atoms with E-state index in [-0.39, 0.29) is 12.9 Å². The van der Waals surface area contributed by atoms with Crippen molar-refractivity contribution in [1.29, 1.82) is 0 Å². The van der Waals surface area contributed by atoms with E-state index in [2.05, 4.69) is 29.7 Å². The van der Waals surface area contributed by atoms with Crippen LogP contribution in [0.3, 0.4) is 0 Å². The normalized spacial score (nSPS) is 14.1. The van der Waals surface area contributed by atoms with Crippen LogP contribution in [0.5, 0.6) is 5.75 Å². The second-order valence-electron chi connectivity index (χ2n) is 18.2. The van der Waals surface area contributed by atoms with Crippen molar-refractivity contribution >= 4 is 46.6 Å². The highest BCUT2D eigenvalue weighted by molar-refractivity contribution is 6.43. The van der Waals surface area contributed by atoms with E-state index >= 15 is 0 Å². The zero-order chi connectivity index (χ0) is 44.6. The van der Waals surface area contributed by atoms with Gasteiger partial charge in [0.2, 0.25) is 6.79 Å². The Labute approximate surface area is 394 Å². The van der Waals surface area contributed by atoms with Crippen LogP contribution in [-0.4, -0.2) is 81.0 Å². The van der Waals surface area contributed by atoms with E-state index in [0.717, 1.165) is 108 Å². The Kier molecular flexibility index (Phi) is 28.4. The Balaban J connectivity index is 1.12. The standard InChI is InChI=1S/C53H86Cl2N4O4/c1-3-5-7-9-11-13-15-17-19-21-23-25-37-59(38-26-24-22-20-18-16-14-12-10-8-6-4-2)53(60)63-45-62-51-35-33-46-32-34-47(44-49(46)56-51)61-43-28-27-36-57-39-41-58(42-40-57)50-31-29-30-48(54)52(50)55/h29-32,34,44H,3-28,33,35-43,45H2,1-2H3. The molecule has 0 aromatic heterocycles. The first-order valence-electron chi connectivity index (χ1n) is 25.8. The average Bonchev–Trinajstić information content (AvgIpc) is 3.30. The monoisotopic (exact) mass is 913 g/mol. The number of ether oxygens (including phenoxy) is 3. The van der Waals surface area contributed by atoms with Gasteiger partial charge in [-0.1, -0.05) is 190 Å². The molecule has 0 spiro atoms. The number of amides is 1. The summed E-state index contributed by atoms with van der Waals surface area (Å²) in [5.41, 5.74) is 3.08. The van der Waals surface area contributed by atoms with E-state index in [1.54, 1.807) is 0 Å². The number of carbonyl (C=O) groups excluding carboxylic acids is 1. The van der Waals surface area contributed by atoms with Crippen molar-refractivity contribution in [1.82, 2.24) is 9.80 Å². The maximum Gasteiger partial charge on any atom is 0.412 e. The molecular weight excluding hydrogens is 828 g/mol. The third-order valence-corrected chi connectivity index (χ3v) is 13.7. The summed E-state index contributed by atoms with van der Waals surface area (Å²) >= 11 is 12.7. The molecule has 2 heterocycles. The minimum Gasteiger partial charge on any atom is -0.494 e. The molecule has 1 amide bonds. The predicted molar refractivity (Wildman–Crippen MR) is 268 cm³/mol. The zero-order valence-electron chi connectivity index (χ0n) is 39.8. The van der Waals surface area contributed by atoms with Crippen LogP contribution in [0.1, 0.15) is 193 Å². The number of hydrogen-bond acceptors (Lipinski definition) is 7. The van der Waals surface area contributed by atoms with E-state index in [1.807, 2.05) is 35.2 Å². The van der Waals surface area contributed by atoms with Crippen molar-refractivity contribution in [2.24, 2.45) is 4.99 Å². The summed E-state index contributed by atoms with van der Waals surface area (Å²) in [7, 11) is 0. The lowest BCUT2D eigenvalue weighted by molar-refractivity contribution is 0.0270. The van der Waals surface area contributed by atoms with Crippen molar-refractivity contribution in [3.05, 3.63) is 52.0 Å². The molecule has 2 aliphatic heterocycles. The molecule has 2 aromatic carbocycles. The maximum absolute atomic E-state index is 13.4. The SMILES string of the molecule is CCCCCCCCCCCCCCN(CCCCCCCCCCCCCC)C(=O)OCOC1=Nc2cc(OCCCCN3CCN(c4cccc(Cl)c4Cl)CC3)ccc2CC1. The topological polar surface area (TPSA) is 66.8 Å². The number of aliphatic imine (C=N–C) groups is 1. The molecule has 2 aromatic rings. The predicted octanol–water partition coefficient (Wildman–Crippen LogP) is 15.8. The van der Waals surface area contributed by atoms with Crippen molar-refractivity contribution in [2.75, 3.05) is 64.1 Å². The summed E-state index contributed by atoms with van der Waals surface area (Å²) in [6.45, 7) is 11.6. The smallest absolute Gasteiger partial charge is 0.412 e. The van der Waals surface area contributed by atoms with Gasteiger partial charge in [0.15, 0.2) is 5.90 Å². The molecule has 0 unspecified atom stereocenters. The first-order chi connectivity index (χ1) is 31.0. The number of fused-ring (bicyclic) bond motifs is 1. The molecule has 0 aliphatic carbocycles. The fourth-order valence-corrected chi connectivity index (χ4v) is 9.30. The number of benzene rings is 2. The molecule has 1 saturated heterocycles. The van der Waals surface area contributed by atoms with E-state index < -0.39 is 0 Å². The van der Waals surface area contributed by atoms with Crippen LogP contribution in [0.15, 0.2) is 41.4 Å². The van der Waals surface area contributed by atoms with Gasteiger partial charge in [0, 0.05) is 51.8 Å².